The Kier molecular flexibility index (Phi) is 10.9. The maximum absolute atomic E-state index is 14.7. The van der Waals surface area contributed by atoms with Crippen LogP contribution in [0.25, 0.3) is 0 Å². The van der Waals surface area contributed by atoms with Crippen molar-refractivity contribution in [2.45, 2.75) is 84.5 Å². The van der Waals surface area contributed by atoms with Crippen molar-refractivity contribution < 1.29 is 29.3 Å². The van der Waals surface area contributed by atoms with Gasteiger partial charge in [-0.25, -0.2) is 4.79 Å². The lowest BCUT2D eigenvalue weighted by Gasteiger charge is -2.44. The highest BCUT2D eigenvalue weighted by Crippen LogP contribution is 2.35. The maximum atomic E-state index is 14.7. The van der Waals surface area contributed by atoms with Crippen LogP contribution in [0.4, 0.5) is 10.5 Å². The Morgan fingerprint density at radius 1 is 0.932 bits per heavy atom. The largest absolute Gasteiger partial charge is 0.508 e. The highest BCUT2D eigenvalue weighted by molar-refractivity contribution is 6.34. The molecule has 0 radical (unpaired) electrons. The van der Waals surface area contributed by atoms with E-state index in [1.54, 1.807) is 57.2 Å². The first-order valence-corrected chi connectivity index (χ1v) is 14.9. The summed E-state index contributed by atoms with van der Waals surface area (Å²) in [6.07, 6.45) is -0.300. The molecule has 0 aromatic heterocycles. The zero-order valence-corrected chi connectivity index (χ0v) is 27.0. The van der Waals surface area contributed by atoms with Crippen molar-refractivity contribution in [3.8, 4) is 11.5 Å². The topological polar surface area (TPSA) is 128 Å². The van der Waals surface area contributed by atoms with Crippen LogP contribution in [0.2, 0.25) is 5.02 Å². The molecule has 0 fully saturated rings. The Bertz CT molecular complexity index is 1460. The molecule has 3 aromatic carbocycles. The van der Waals surface area contributed by atoms with E-state index >= 15 is 0 Å². The van der Waals surface area contributed by atoms with E-state index in [0.29, 0.717) is 28.3 Å². The van der Waals surface area contributed by atoms with Crippen LogP contribution in [0.1, 0.15) is 70.7 Å². The number of hydrogen-bond acceptors (Lipinski definition) is 6. The number of nitrogens with one attached hydrogen (secondary N) is 2. The highest BCUT2D eigenvalue weighted by Gasteiger charge is 2.43. The molecule has 4 N–H and O–H groups in total. The molecule has 9 nitrogen and oxygen atoms in total. The van der Waals surface area contributed by atoms with Gasteiger partial charge in [0.2, 0.25) is 5.91 Å². The number of benzene rings is 3. The summed E-state index contributed by atoms with van der Waals surface area (Å²) in [7, 11) is 0. The number of phenols is 2. The van der Waals surface area contributed by atoms with Gasteiger partial charge in [-0.1, -0.05) is 54.9 Å². The van der Waals surface area contributed by atoms with Crippen molar-refractivity contribution in [2.75, 3.05) is 5.32 Å². The fraction of sp³-hybridized carbons (Fsp3) is 0.382. The van der Waals surface area contributed by atoms with E-state index in [4.69, 9.17) is 16.3 Å². The molecular formula is C34H42ClN3O6. The first kappa shape index (κ1) is 34.3. The molecule has 0 heterocycles. The SMILES string of the molecule is CCC(C)(C)N(C(=O)C(Cc1ccc(O)cc1)NC(=O)OC(C)(C)C)C(C(=O)Nc1c(C)cccc1Cl)c1cccc(O)c1. The summed E-state index contributed by atoms with van der Waals surface area (Å²) in [6, 6.07) is 15.3. The summed E-state index contributed by atoms with van der Waals surface area (Å²) in [5.74, 6) is -1.12. The third kappa shape index (κ3) is 8.89. The Labute approximate surface area is 264 Å². The van der Waals surface area contributed by atoms with Crippen LogP contribution in [0.15, 0.2) is 66.7 Å². The van der Waals surface area contributed by atoms with Crippen LogP contribution in [0.5, 0.6) is 11.5 Å². The molecule has 0 saturated heterocycles. The Morgan fingerprint density at radius 2 is 1.57 bits per heavy atom. The zero-order valence-electron chi connectivity index (χ0n) is 26.3. The quantitative estimate of drug-likeness (QED) is 0.195. The minimum Gasteiger partial charge on any atom is -0.508 e. The van der Waals surface area contributed by atoms with E-state index in [2.05, 4.69) is 10.6 Å². The van der Waals surface area contributed by atoms with Crippen molar-refractivity contribution in [3.05, 3.63) is 88.4 Å². The number of para-hydroxylation sites is 1. The standard InChI is InChI=1S/C34H42ClN3O6/c1-8-34(6,7)38(31(42)27(36-32(43)44-33(3,4)5)19-22-15-17-24(39)18-16-22)29(23-12-10-13-25(40)20-23)30(41)37-28-21(2)11-9-14-26(28)35/h9-18,20,27,29,39-40H,8,19H2,1-7H3,(H,36,43)(H,37,41). The molecule has 44 heavy (non-hydrogen) atoms. The average molecular weight is 624 g/mol. The minimum absolute atomic E-state index is 0.0483. The lowest BCUT2D eigenvalue weighted by atomic mass is 9.91. The molecule has 0 aliphatic rings. The molecule has 0 bridgehead atoms. The predicted octanol–water partition coefficient (Wildman–Crippen LogP) is 6.89. The number of carbonyl (C=O) groups is 3. The van der Waals surface area contributed by atoms with Gasteiger partial charge in [-0.3, -0.25) is 9.59 Å². The number of ether oxygens (including phenoxy) is 1. The molecule has 0 aliphatic carbocycles. The van der Waals surface area contributed by atoms with Gasteiger partial charge >= 0.3 is 6.09 Å². The lowest BCUT2D eigenvalue weighted by Crippen LogP contribution is -2.59. The highest BCUT2D eigenvalue weighted by atomic mass is 35.5. The number of anilines is 1. The molecule has 3 aromatic rings. The molecule has 0 saturated carbocycles. The number of carbonyl (C=O) groups excluding carboxylic acids is 3. The van der Waals surface area contributed by atoms with Crippen molar-refractivity contribution in [1.82, 2.24) is 10.2 Å². The van der Waals surface area contributed by atoms with Crippen LogP contribution < -0.4 is 10.6 Å². The molecule has 0 spiro atoms. The summed E-state index contributed by atoms with van der Waals surface area (Å²) in [4.78, 5) is 43.5. The fourth-order valence-corrected chi connectivity index (χ4v) is 4.99. The monoisotopic (exact) mass is 623 g/mol. The second kappa shape index (κ2) is 14.0. The van der Waals surface area contributed by atoms with E-state index in [1.807, 2.05) is 33.8 Å². The molecule has 236 valence electrons. The van der Waals surface area contributed by atoms with E-state index < -0.39 is 41.1 Å². The van der Waals surface area contributed by atoms with Gasteiger partial charge in [-0.15, -0.1) is 0 Å². The summed E-state index contributed by atoms with van der Waals surface area (Å²) in [5.41, 5.74) is 0.417. The molecule has 2 atom stereocenters. The summed E-state index contributed by atoms with van der Waals surface area (Å²) < 4.78 is 5.49. The third-order valence-electron chi connectivity index (χ3n) is 7.28. The third-order valence-corrected chi connectivity index (χ3v) is 7.60. The molecule has 3 rings (SSSR count). The molecule has 0 aliphatic heterocycles. The van der Waals surface area contributed by atoms with Gasteiger partial charge in [-0.2, -0.15) is 0 Å². The van der Waals surface area contributed by atoms with E-state index in [-0.39, 0.29) is 17.9 Å². The van der Waals surface area contributed by atoms with Gasteiger partial charge in [0.05, 0.1) is 10.7 Å². The van der Waals surface area contributed by atoms with E-state index in [0.717, 1.165) is 5.56 Å². The molecule has 3 amide bonds. The number of rotatable bonds is 10. The van der Waals surface area contributed by atoms with Gasteiger partial charge in [0.25, 0.3) is 5.91 Å². The normalized spacial score (nSPS) is 13.0. The number of aromatic hydroxyl groups is 2. The maximum Gasteiger partial charge on any atom is 0.408 e. The van der Waals surface area contributed by atoms with Crippen molar-refractivity contribution >= 4 is 35.2 Å². The van der Waals surface area contributed by atoms with Crippen LogP contribution in [-0.2, 0) is 20.7 Å². The number of alkyl carbamates (subject to hydrolysis) is 1. The second-order valence-electron chi connectivity index (χ2n) is 12.4. The minimum atomic E-state index is -1.23. The van der Waals surface area contributed by atoms with Crippen LogP contribution in [-0.4, -0.2) is 50.2 Å². The average Bonchev–Trinajstić information content (AvgIpc) is 2.93. The number of nitrogens with zero attached hydrogens (tertiary/aromatic N) is 1. The van der Waals surface area contributed by atoms with Gasteiger partial charge in [-0.05, 0) is 95.0 Å². The Morgan fingerprint density at radius 3 is 2.14 bits per heavy atom. The fourth-order valence-electron chi connectivity index (χ4n) is 4.73. The smallest absolute Gasteiger partial charge is 0.408 e. The van der Waals surface area contributed by atoms with Crippen LogP contribution in [0.3, 0.4) is 0 Å². The predicted molar refractivity (Wildman–Crippen MR) is 172 cm³/mol. The second-order valence-corrected chi connectivity index (χ2v) is 12.8. The Hall–Kier alpha value is -4.24. The van der Waals surface area contributed by atoms with Crippen LogP contribution in [0, 0.1) is 6.92 Å². The zero-order chi connectivity index (χ0) is 32.8. The van der Waals surface area contributed by atoms with Crippen molar-refractivity contribution in [3.63, 3.8) is 0 Å². The number of phenolic OH excluding ortho intramolecular Hbond substituents is 2. The first-order chi connectivity index (χ1) is 20.5. The number of halogens is 1. The van der Waals surface area contributed by atoms with Gasteiger partial charge in [0, 0.05) is 12.0 Å². The molecule has 2 unspecified atom stereocenters. The van der Waals surface area contributed by atoms with Crippen molar-refractivity contribution in [1.29, 1.82) is 0 Å². The number of amides is 3. The van der Waals surface area contributed by atoms with Gasteiger partial charge < -0.3 is 30.5 Å². The number of hydrogen-bond donors (Lipinski definition) is 4. The van der Waals surface area contributed by atoms with Crippen LogP contribution >= 0.6 is 11.6 Å². The first-order valence-electron chi connectivity index (χ1n) is 14.5. The molecular weight excluding hydrogens is 582 g/mol. The van der Waals surface area contributed by atoms with Gasteiger partial charge in [0.15, 0.2) is 0 Å². The number of aryl methyl sites for hydroxylation is 1. The summed E-state index contributed by atoms with van der Waals surface area (Å²) in [5, 5.41) is 26.2. The van der Waals surface area contributed by atoms with Crippen molar-refractivity contribution in [2.24, 2.45) is 0 Å². The summed E-state index contributed by atoms with van der Waals surface area (Å²) in [6.45, 7) is 12.5. The Balaban J connectivity index is 2.17. The summed E-state index contributed by atoms with van der Waals surface area (Å²) >= 11 is 6.46. The van der Waals surface area contributed by atoms with Gasteiger partial charge in [0.1, 0.15) is 29.2 Å². The molecule has 10 heteroatoms. The lowest BCUT2D eigenvalue weighted by molar-refractivity contribution is -0.147. The van der Waals surface area contributed by atoms with E-state index in [1.165, 1.54) is 29.2 Å². The van der Waals surface area contributed by atoms with E-state index in [9.17, 15) is 24.6 Å².